The standard InChI is InChI=1S/C7H17N3O2/c1-5(2)10(6(3)4)8-7(11)9-12/h5-6,12H,1-4H3,(H2,8,9,11). The molecular formula is C7H17N3O2. The van der Waals surface area contributed by atoms with Crippen LogP contribution in [0.2, 0.25) is 0 Å². The van der Waals surface area contributed by atoms with E-state index >= 15 is 0 Å². The molecule has 0 rings (SSSR count). The zero-order chi connectivity index (χ0) is 9.72. The summed E-state index contributed by atoms with van der Waals surface area (Å²) in [5.41, 5.74) is 4.01. The lowest BCUT2D eigenvalue weighted by Gasteiger charge is -2.29. The summed E-state index contributed by atoms with van der Waals surface area (Å²) in [7, 11) is 0. The molecule has 0 unspecified atom stereocenters. The highest BCUT2D eigenvalue weighted by atomic mass is 16.5. The second kappa shape index (κ2) is 4.95. The van der Waals surface area contributed by atoms with E-state index in [0.29, 0.717) is 0 Å². The van der Waals surface area contributed by atoms with Crippen molar-refractivity contribution in [3.8, 4) is 0 Å². The molecule has 5 heteroatoms. The Morgan fingerprint density at radius 3 is 1.92 bits per heavy atom. The summed E-state index contributed by atoms with van der Waals surface area (Å²) in [6, 6.07) is -0.220. The summed E-state index contributed by atoms with van der Waals surface area (Å²) < 4.78 is 0. The number of carbonyl (C=O) groups is 1. The summed E-state index contributed by atoms with van der Waals surface area (Å²) >= 11 is 0. The van der Waals surface area contributed by atoms with Gasteiger partial charge in [0.05, 0.1) is 0 Å². The van der Waals surface area contributed by atoms with Crippen LogP contribution in [0.15, 0.2) is 0 Å². The van der Waals surface area contributed by atoms with E-state index < -0.39 is 6.03 Å². The van der Waals surface area contributed by atoms with Gasteiger partial charge in [0.25, 0.3) is 0 Å². The minimum absolute atomic E-state index is 0.197. The molecule has 5 nitrogen and oxygen atoms in total. The molecule has 72 valence electrons. The Hall–Kier alpha value is -0.810. The van der Waals surface area contributed by atoms with Crippen molar-refractivity contribution in [1.29, 1.82) is 0 Å². The van der Waals surface area contributed by atoms with E-state index in [4.69, 9.17) is 5.21 Å². The van der Waals surface area contributed by atoms with Gasteiger partial charge in [0.2, 0.25) is 0 Å². The van der Waals surface area contributed by atoms with Crippen LogP contribution in [-0.4, -0.2) is 28.3 Å². The predicted molar refractivity (Wildman–Crippen MR) is 45.6 cm³/mol. The first-order chi connectivity index (χ1) is 5.49. The van der Waals surface area contributed by atoms with E-state index in [9.17, 15) is 4.79 Å². The van der Waals surface area contributed by atoms with E-state index in [1.165, 1.54) is 5.48 Å². The average molecular weight is 175 g/mol. The fourth-order valence-corrected chi connectivity index (χ4v) is 0.997. The number of carbonyl (C=O) groups excluding carboxylic acids is 1. The third kappa shape index (κ3) is 3.54. The Labute approximate surface area is 72.7 Å². The van der Waals surface area contributed by atoms with Crippen LogP contribution in [0.4, 0.5) is 4.79 Å². The first kappa shape index (κ1) is 11.2. The molecule has 0 aliphatic carbocycles. The van der Waals surface area contributed by atoms with Gasteiger partial charge in [-0.15, -0.1) is 0 Å². The first-order valence-electron chi connectivity index (χ1n) is 3.98. The summed E-state index contributed by atoms with van der Waals surface area (Å²) in [6.07, 6.45) is 0. The SMILES string of the molecule is CC(C)N(NC(=O)NO)C(C)C. The second-order valence-corrected chi connectivity index (χ2v) is 3.15. The van der Waals surface area contributed by atoms with Crippen LogP contribution in [0.3, 0.4) is 0 Å². The second-order valence-electron chi connectivity index (χ2n) is 3.15. The molecule has 0 aliphatic heterocycles. The van der Waals surface area contributed by atoms with Crippen LogP contribution in [0.25, 0.3) is 0 Å². The normalized spacial score (nSPS) is 11.0. The molecule has 12 heavy (non-hydrogen) atoms. The van der Waals surface area contributed by atoms with Crippen LogP contribution >= 0.6 is 0 Å². The van der Waals surface area contributed by atoms with Crippen molar-refractivity contribution in [3.63, 3.8) is 0 Å². The Morgan fingerprint density at radius 2 is 1.67 bits per heavy atom. The highest BCUT2D eigenvalue weighted by Crippen LogP contribution is 1.99. The van der Waals surface area contributed by atoms with E-state index in [1.54, 1.807) is 5.01 Å². The summed E-state index contributed by atoms with van der Waals surface area (Å²) in [6.45, 7) is 7.82. The Balaban J connectivity index is 4.05. The smallest absolute Gasteiger partial charge is 0.287 e. The number of hydroxylamine groups is 1. The van der Waals surface area contributed by atoms with Gasteiger partial charge in [0.1, 0.15) is 0 Å². The highest BCUT2D eigenvalue weighted by molar-refractivity contribution is 5.71. The van der Waals surface area contributed by atoms with Gasteiger partial charge in [-0.1, -0.05) is 0 Å². The van der Waals surface area contributed by atoms with Crippen LogP contribution in [0.5, 0.6) is 0 Å². The lowest BCUT2D eigenvalue weighted by atomic mass is 10.3. The maximum atomic E-state index is 10.7. The summed E-state index contributed by atoms with van der Waals surface area (Å²) in [5.74, 6) is 0. The van der Waals surface area contributed by atoms with Gasteiger partial charge in [-0.3, -0.25) is 10.6 Å². The fraction of sp³-hybridized carbons (Fsp3) is 0.857. The number of amides is 2. The van der Waals surface area contributed by atoms with Gasteiger partial charge in [0, 0.05) is 12.1 Å². The number of rotatable bonds is 3. The molecule has 0 bridgehead atoms. The third-order valence-electron chi connectivity index (χ3n) is 1.44. The van der Waals surface area contributed by atoms with Crippen LogP contribution in [0.1, 0.15) is 27.7 Å². The lowest BCUT2D eigenvalue weighted by Crippen LogP contribution is -2.52. The van der Waals surface area contributed by atoms with Crippen molar-refractivity contribution >= 4 is 6.03 Å². The Bertz CT molecular complexity index is 140. The van der Waals surface area contributed by atoms with Gasteiger partial charge in [-0.05, 0) is 27.7 Å². The zero-order valence-corrected chi connectivity index (χ0v) is 7.96. The lowest BCUT2D eigenvalue weighted by molar-refractivity contribution is 0.0902. The highest BCUT2D eigenvalue weighted by Gasteiger charge is 2.14. The number of hydrogen-bond acceptors (Lipinski definition) is 3. The van der Waals surface area contributed by atoms with E-state index in [0.717, 1.165) is 0 Å². The van der Waals surface area contributed by atoms with Gasteiger partial charge in [0.15, 0.2) is 0 Å². The molecule has 0 heterocycles. The van der Waals surface area contributed by atoms with Gasteiger partial charge in [-0.25, -0.2) is 15.3 Å². The quantitative estimate of drug-likeness (QED) is 0.437. The number of hydrogen-bond donors (Lipinski definition) is 3. The third-order valence-corrected chi connectivity index (χ3v) is 1.44. The largest absolute Gasteiger partial charge is 0.353 e. The molecule has 0 aromatic rings. The van der Waals surface area contributed by atoms with Crippen molar-refractivity contribution in [2.45, 2.75) is 39.8 Å². The number of urea groups is 1. The minimum Gasteiger partial charge on any atom is -0.287 e. The maximum absolute atomic E-state index is 10.7. The van der Waals surface area contributed by atoms with Crippen LogP contribution in [0, 0.1) is 0 Å². The molecule has 0 radical (unpaired) electrons. The molecule has 0 atom stereocenters. The molecule has 0 saturated carbocycles. The summed E-state index contributed by atoms with van der Waals surface area (Å²) in [4.78, 5) is 10.7. The topological polar surface area (TPSA) is 64.6 Å². The molecule has 2 amide bonds. The Morgan fingerprint density at radius 1 is 1.25 bits per heavy atom. The molecule has 0 aliphatic rings. The summed E-state index contributed by atoms with van der Waals surface area (Å²) in [5, 5.41) is 10.0. The Kier molecular flexibility index (Phi) is 4.61. The van der Waals surface area contributed by atoms with Crippen LogP contribution in [-0.2, 0) is 0 Å². The van der Waals surface area contributed by atoms with E-state index in [1.807, 2.05) is 27.7 Å². The van der Waals surface area contributed by atoms with Crippen molar-refractivity contribution in [3.05, 3.63) is 0 Å². The van der Waals surface area contributed by atoms with E-state index in [2.05, 4.69) is 5.43 Å². The van der Waals surface area contributed by atoms with Crippen molar-refractivity contribution < 1.29 is 10.0 Å². The molecule has 3 N–H and O–H groups in total. The zero-order valence-electron chi connectivity index (χ0n) is 7.96. The molecule has 0 aromatic carbocycles. The monoisotopic (exact) mass is 175 g/mol. The van der Waals surface area contributed by atoms with Gasteiger partial charge >= 0.3 is 6.03 Å². The molecular weight excluding hydrogens is 158 g/mol. The van der Waals surface area contributed by atoms with Gasteiger partial charge in [-0.2, -0.15) is 0 Å². The van der Waals surface area contributed by atoms with Crippen molar-refractivity contribution in [2.24, 2.45) is 0 Å². The van der Waals surface area contributed by atoms with Crippen LogP contribution < -0.4 is 10.9 Å². The van der Waals surface area contributed by atoms with Crippen molar-refractivity contribution in [1.82, 2.24) is 15.9 Å². The van der Waals surface area contributed by atoms with E-state index in [-0.39, 0.29) is 12.1 Å². The number of nitrogens with one attached hydrogen (secondary N) is 2. The fourth-order valence-electron chi connectivity index (χ4n) is 0.997. The molecule has 0 spiro atoms. The molecule has 0 fully saturated rings. The van der Waals surface area contributed by atoms with Gasteiger partial charge < -0.3 is 0 Å². The first-order valence-corrected chi connectivity index (χ1v) is 3.98. The predicted octanol–water partition coefficient (Wildman–Crippen LogP) is 0.709. The minimum atomic E-state index is -0.614. The molecule has 0 aromatic heterocycles. The average Bonchev–Trinajstić information content (AvgIpc) is 1.98. The number of hydrazine groups is 1. The van der Waals surface area contributed by atoms with Crippen molar-refractivity contribution in [2.75, 3.05) is 0 Å². The maximum Gasteiger partial charge on any atom is 0.353 e. The number of nitrogens with zero attached hydrogens (tertiary/aromatic N) is 1. The molecule has 0 saturated heterocycles.